The van der Waals surface area contributed by atoms with Crippen LogP contribution in [0.5, 0.6) is 0 Å². The number of carbonyl (C=O) groups excluding carboxylic acids is 1. The molecule has 6 nitrogen and oxygen atoms in total. The molecule has 1 aromatic heterocycles. The highest BCUT2D eigenvalue weighted by Gasteiger charge is 2.42. The number of amides is 1. The highest BCUT2D eigenvalue weighted by atomic mass is 79.9. The summed E-state index contributed by atoms with van der Waals surface area (Å²) in [6.45, 7) is 2.94. The number of nitrogens with one attached hydrogen (secondary N) is 1. The normalized spacial score (nSPS) is 23.8. The molecule has 2 bridgehead atoms. The molecular weight excluding hydrogens is 466 g/mol. The molecule has 0 spiro atoms. The smallest absolute Gasteiger partial charge is 0.262 e. The predicted molar refractivity (Wildman–Crippen MR) is 123 cm³/mol. The second-order valence-electron chi connectivity index (χ2n) is 8.49. The summed E-state index contributed by atoms with van der Waals surface area (Å²) in [5, 5.41) is 4.30. The van der Waals surface area contributed by atoms with Gasteiger partial charge in [-0.2, -0.15) is 0 Å². The lowest BCUT2D eigenvalue weighted by Crippen LogP contribution is -2.41. The Morgan fingerprint density at radius 3 is 2.93 bits per heavy atom. The van der Waals surface area contributed by atoms with Gasteiger partial charge in [0.15, 0.2) is 5.16 Å². The molecule has 2 saturated carbocycles. The Labute approximate surface area is 189 Å². The van der Waals surface area contributed by atoms with Crippen molar-refractivity contribution in [3.63, 3.8) is 0 Å². The molecule has 2 fully saturated rings. The van der Waals surface area contributed by atoms with E-state index >= 15 is 0 Å². The number of benzene rings is 1. The van der Waals surface area contributed by atoms with Gasteiger partial charge in [-0.15, -0.1) is 0 Å². The minimum absolute atomic E-state index is 0.00119. The lowest BCUT2D eigenvalue weighted by molar-refractivity contribution is -0.119. The number of methoxy groups -OCH3 is 1. The van der Waals surface area contributed by atoms with Gasteiger partial charge in [-0.05, 0) is 62.1 Å². The maximum absolute atomic E-state index is 13.0. The van der Waals surface area contributed by atoms with Gasteiger partial charge < -0.3 is 10.1 Å². The summed E-state index contributed by atoms with van der Waals surface area (Å²) in [6, 6.07) is 5.67. The van der Waals surface area contributed by atoms with Crippen molar-refractivity contribution in [3.8, 4) is 0 Å². The zero-order chi connectivity index (χ0) is 21.3. The average molecular weight is 494 g/mol. The van der Waals surface area contributed by atoms with Gasteiger partial charge in [0.1, 0.15) is 0 Å². The molecule has 2 aliphatic rings. The lowest BCUT2D eigenvalue weighted by Gasteiger charge is -2.28. The second-order valence-corrected chi connectivity index (χ2v) is 10.3. The highest BCUT2D eigenvalue weighted by Crippen LogP contribution is 2.49. The maximum Gasteiger partial charge on any atom is 0.262 e. The van der Waals surface area contributed by atoms with E-state index in [0.29, 0.717) is 35.1 Å². The Morgan fingerprint density at radius 1 is 1.40 bits per heavy atom. The number of aromatic nitrogens is 2. The minimum Gasteiger partial charge on any atom is -0.383 e. The van der Waals surface area contributed by atoms with Crippen LogP contribution in [-0.4, -0.2) is 41.0 Å². The summed E-state index contributed by atoms with van der Waals surface area (Å²) < 4.78 is 7.61. The van der Waals surface area contributed by atoms with Gasteiger partial charge in [-0.1, -0.05) is 34.1 Å². The summed E-state index contributed by atoms with van der Waals surface area (Å²) >= 11 is 4.73. The first-order valence-corrected chi connectivity index (χ1v) is 12.3. The molecule has 8 heteroatoms. The van der Waals surface area contributed by atoms with E-state index in [4.69, 9.17) is 4.74 Å². The monoisotopic (exact) mass is 493 g/mol. The Balaban J connectivity index is 1.46. The molecule has 1 amide bonds. The van der Waals surface area contributed by atoms with Gasteiger partial charge in [0.05, 0.1) is 29.8 Å². The number of nitrogens with zero attached hydrogens (tertiary/aromatic N) is 2. The molecule has 1 aromatic carbocycles. The van der Waals surface area contributed by atoms with Gasteiger partial charge in [0.25, 0.3) is 5.56 Å². The van der Waals surface area contributed by atoms with Gasteiger partial charge >= 0.3 is 0 Å². The van der Waals surface area contributed by atoms with Crippen LogP contribution >= 0.6 is 27.7 Å². The Bertz CT molecular complexity index is 995. The molecule has 0 saturated heterocycles. The number of carbonyl (C=O) groups is 1. The van der Waals surface area contributed by atoms with E-state index in [9.17, 15) is 9.59 Å². The van der Waals surface area contributed by atoms with E-state index in [0.717, 1.165) is 16.3 Å². The topological polar surface area (TPSA) is 73.2 Å². The van der Waals surface area contributed by atoms with Crippen LogP contribution in [-0.2, 0) is 16.1 Å². The third kappa shape index (κ3) is 4.60. The summed E-state index contributed by atoms with van der Waals surface area (Å²) in [5.41, 5.74) is 0.520. The van der Waals surface area contributed by atoms with Crippen molar-refractivity contribution in [1.82, 2.24) is 14.9 Å². The van der Waals surface area contributed by atoms with E-state index < -0.39 is 0 Å². The van der Waals surface area contributed by atoms with E-state index in [1.165, 1.54) is 37.4 Å². The SMILES string of the molecule is COCCn1c(SCC(=O)NC(C)C2CC3CCC2C3)nc2ccc(Br)cc2c1=O. The average Bonchev–Trinajstić information content (AvgIpc) is 3.36. The lowest BCUT2D eigenvalue weighted by atomic mass is 9.84. The first kappa shape index (κ1) is 21.8. The van der Waals surface area contributed by atoms with Gasteiger partial charge in [0, 0.05) is 17.6 Å². The first-order valence-electron chi connectivity index (χ1n) is 10.6. The molecular formula is C22H28BrN3O3S. The van der Waals surface area contributed by atoms with Crippen molar-refractivity contribution in [2.45, 2.75) is 50.4 Å². The van der Waals surface area contributed by atoms with Crippen LogP contribution in [0, 0.1) is 17.8 Å². The summed E-state index contributed by atoms with van der Waals surface area (Å²) in [5.74, 6) is 2.49. The highest BCUT2D eigenvalue weighted by molar-refractivity contribution is 9.10. The van der Waals surface area contributed by atoms with E-state index in [1.54, 1.807) is 17.7 Å². The van der Waals surface area contributed by atoms with Crippen LogP contribution in [0.3, 0.4) is 0 Å². The van der Waals surface area contributed by atoms with Crippen molar-refractivity contribution >= 4 is 44.5 Å². The molecule has 4 atom stereocenters. The number of rotatable bonds is 8. The van der Waals surface area contributed by atoms with E-state index in [1.807, 2.05) is 12.1 Å². The number of hydrogen-bond acceptors (Lipinski definition) is 5. The largest absolute Gasteiger partial charge is 0.383 e. The molecule has 4 unspecified atom stereocenters. The summed E-state index contributed by atoms with van der Waals surface area (Å²) in [7, 11) is 1.60. The van der Waals surface area contributed by atoms with E-state index in [-0.39, 0.29) is 23.3 Å². The van der Waals surface area contributed by atoms with Crippen LogP contribution in [0.25, 0.3) is 10.9 Å². The molecule has 162 valence electrons. The summed E-state index contributed by atoms with van der Waals surface area (Å²) in [6.07, 6.45) is 5.26. The fourth-order valence-electron chi connectivity index (χ4n) is 5.10. The Kier molecular flexibility index (Phi) is 6.85. The molecule has 30 heavy (non-hydrogen) atoms. The van der Waals surface area contributed by atoms with E-state index in [2.05, 4.69) is 33.2 Å². The molecule has 1 heterocycles. The number of fused-ring (bicyclic) bond motifs is 3. The fourth-order valence-corrected chi connectivity index (χ4v) is 6.30. The molecule has 1 N–H and O–H groups in total. The number of halogens is 1. The molecule has 2 aliphatic carbocycles. The fraction of sp³-hybridized carbons (Fsp3) is 0.591. The van der Waals surface area contributed by atoms with Crippen molar-refractivity contribution in [2.24, 2.45) is 17.8 Å². The van der Waals surface area contributed by atoms with Crippen molar-refractivity contribution in [2.75, 3.05) is 19.5 Å². The zero-order valence-electron chi connectivity index (χ0n) is 17.4. The first-order chi connectivity index (χ1) is 14.5. The third-order valence-corrected chi connectivity index (χ3v) is 8.03. The van der Waals surface area contributed by atoms with Crippen LogP contribution < -0.4 is 10.9 Å². The van der Waals surface area contributed by atoms with Crippen LogP contribution in [0.15, 0.2) is 32.6 Å². The molecule has 0 radical (unpaired) electrons. The Morgan fingerprint density at radius 2 is 2.23 bits per heavy atom. The molecule has 4 rings (SSSR count). The Hall–Kier alpha value is -1.38. The van der Waals surface area contributed by atoms with Crippen molar-refractivity contribution in [1.29, 1.82) is 0 Å². The second kappa shape index (κ2) is 9.40. The third-order valence-electron chi connectivity index (χ3n) is 6.56. The maximum atomic E-state index is 13.0. The van der Waals surface area contributed by atoms with Crippen LogP contribution in [0.2, 0.25) is 0 Å². The standard InChI is InChI=1S/C22H28BrN3O3S/c1-13(17-10-14-3-4-15(17)9-14)24-20(27)12-30-22-25-19-6-5-16(23)11-18(19)21(28)26(22)7-8-29-2/h5-6,11,13-15,17H,3-4,7-10,12H2,1-2H3,(H,24,27). The summed E-state index contributed by atoms with van der Waals surface area (Å²) in [4.78, 5) is 30.3. The minimum atomic E-state index is -0.114. The number of ether oxygens (including phenoxy) is 1. The van der Waals surface area contributed by atoms with Crippen LogP contribution in [0.4, 0.5) is 0 Å². The van der Waals surface area contributed by atoms with Gasteiger partial charge in [-0.3, -0.25) is 14.2 Å². The van der Waals surface area contributed by atoms with Crippen molar-refractivity contribution < 1.29 is 9.53 Å². The zero-order valence-corrected chi connectivity index (χ0v) is 19.8. The quantitative estimate of drug-likeness (QED) is 0.446. The molecule has 0 aliphatic heterocycles. The number of thioether (sulfide) groups is 1. The van der Waals surface area contributed by atoms with Gasteiger partial charge in [0.2, 0.25) is 5.91 Å². The van der Waals surface area contributed by atoms with Gasteiger partial charge in [-0.25, -0.2) is 4.98 Å². The number of hydrogen-bond donors (Lipinski definition) is 1. The molecule has 2 aromatic rings. The van der Waals surface area contributed by atoms with Crippen LogP contribution in [0.1, 0.15) is 32.6 Å². The predicted octanol–water partition coefficient (Wildman–Crippen LogP) is 3.84. The van der Waals surface area contributed by atoms with Crippen molar-refractivity contribution in [3.05, 3.63) is 33.0 Å².